The SMILES string of the molecule is COc1cc(-c2cnc3cc(OC[C@H]4CCN(CCC#N)C4)ccn23)cc(OC(F)F)c1C(=O)CC1CC1. The number of rotatable bonds is 12. The van der Waals surface area contributed by atoms with Gasteiger partial charge in [0.25, 0.3) is 0 Å². The Bertz CT molecular complexity index is 1350. The summed E-state index contributed by atoms with van der Waals surface area (Å²) in [4.78, 5) is 19.7. The first-order valence-corrected chi connectivity index (χ1v) is 12.8. The van der Waals surface area contributed by atoms with Crippen molar-refractivity contribution in [1.29, 1.82) is 5.26 Å². The number of benzene rings is 1. The van der Waals surface area contributed by atoms with Crippen molar-refractivity contribution in [3.63, 3.8) is 0 Å². The summed E-state index contributed by atoms with van der Waals surface area (Å²) in [7, 11) is 1.41. The molecule has 2 aromatic heterocycles. The standard InChI is InChI=1S/C28H30F2N4O4/c1-36-24-12-20(13-25(38-28(29)30)27(24)23(35)11-18-3-4-18)22-15-32-26-14-21(6-10-34(22)26)37-17-19-5-9-33(16-19)8-2-7-31/h6,10,12-15,18-19,28H,2-5,8-9,11,16-17H2,1H3/t19-/m0/s1. The number of carbonyl (C=O) groups excluding carboxylic acids is 1. The highest BCUT2D eigenvalue weighted by atomic mass is 19.3. The van der Waals surface area contributed by atoms with Gasteiger partial charge >= 0.3 is 6.61 Å². The second kappa shape index (κ2) is 11.4. The topological polar surface area (TPSA) is 89.1 Å². The number of halogens is 2. The number of methoxy groups -OCH3 is 1. The highest BCUT2D eigenvalue weighted by molar-refractivity contribution is 6.02. The second-order valence-corrected chi connectivity index (χ2v) is 9.91. The van der Waals surface area contributed by atoms with Gasteiger partial charge in [-0.15, -0.1) is 0 Å². The number of ether oxygens (including phenoxy) is 3. The van der Waals surface area contributed by atoms with E-state index in [0.29, 0.717) is 41.6 Å². The highest BCUT2D eigenvalue weighted by Gasteiger charge is 2.30. The quantitative estimate of drug-likeness (QED) is 0.301. The van der Waals surface area contributed by atoms with E-state index in [4.69, 9.17) is 19.5 Å². The molecule has 10 heteroatoms. The Labute approximate surface area is 219 Å². The lowest BCUT2D eigenvalue weighted by Gasteiger charge is -2.16. The third-order valence-corrected chi connectivity index (χ3v) is 7.13. The van der Waals surface area contributed by atoms with Crippen LogP contribution in [-0.4, -0.2) is 60.0 Å². The van der Waals surface area contributed by atoms with Crippen molar-refractivity contribution in [2.45, 2.75) is 38.7 Å². The predicted molar refractivity (Wildman–Crippen MR) is 136 cm³/mol. The van der Waals surface area contributed by atoms with E-state index in [-0.39, 0.29) is 35.2 Å². The van der Waals surface area contributed by atoms with Crippen LogP contribution in [0.4, 0.5) is 8.78 Å². The normalized spacial score (nSPS) is 17.6. The van der Waals surface area contributed by atoms with Crippen molar-refractivity contribution in [2.75, 3.05) is 33.4 Å². The molecule has 0 N–H and O–H groups in total. The van der Waals surface area contributed by atoms with E-state index in [1.807, 2.05) is 22.7 Å². The summed E-state index contributed by atoms with van der Waals surface area (Å²) >= 11 is 0. The summed E-state index contributed by atoms with van der Waals surface area (Å²) in [5.74, 6) is 1.11. The zero-order chi connectivity index (χ0) is 26.6. The number of nitrogens with zero attached hydrogens (tertiary/aromatic N) is 4. The maximum atomic E-state index is 13.3. The zero-order valence-corrected chi connectivity index (χ0v) is 21.2. The first kappa shape index (κ1) is 25.9. The van der Waals surface area contributed by atoms with Gasteiger partial charge in [-0.25, -0.2) is 4.98 Å². The number of ketones is 1. The van der Waals surface area contributed by atoms with Crippen LogP contribution in [0.25, 0.3) is 16.9 Å². The van der Waals surface area contributed by atoms with E-state index in [1.54, 1.807) is 12.3 Å². The molecule has 1 saturated carbocycles. The summed E-state index contributed by atoms with van der Waals surface area (Å²) < 4.78 is 44.7. The van der Waals surface area contributed by atoms with Crippen molar-refractivity contribution < 1.29 is 27.8 Å². The lowest BCUT2D eigenvalue weighted by atomic mass is 10.00. The molecule has 3 aromatic rings. The number of Topliss-reactive ketones (excluding diaryl/α,β-unsaturated/α-hetero) is 1. The number of pyridine rings is 1. The van der Waals surface area contributed by atoms with Gasteiger partial charge in [-0.2, -0.15) is 14.0 Å². The van der Waals surface area contributed by atoms with Gasteiger partial charge in [-0.3, -0.25) is 9.20 Å². The van der Waals surface area contributed by atoms with Crippen LogP contribution < -0.4 is 14.2 Å². The third kappa shape index (κ3) is 5.89. The molecule has 38 heavy (non-hydrogen) atoms. The maximum Gasteiger partial charge on any atom is 0.387 e. The number of hydrogen-bond acceptors (Lipinski definition) is 7. The lowest BCUT2D eigenvalue weighted by molar-refractivity contribution is -0.0502. The van der Waals surface area contributed by atoms with Crippen LogP contribution in [-0.2, 0) is 0 Å². The van der Waals surface area contributed by atoms with Gasteiger partial charge in [-0.1, -0.05) is 0 Å². The molecular weight excluding hydrogens is 494 g/mol. The number of imidazole rings is 1. The van der Waals surface area contributed by atoms with Gasteiger partial charge in [-0.05, 0) is 49.9 Å². The van der Waals surface area contributed by atoms with E-state index < -0.39 is 6.61 Å². The largest absolute Gasteiger partial charge is 0.496 e. The van der Waals surface area contributed by atoms with Gasteiger partial charge in [0.2, 0.25) is 0 Å². The summed E-state index contributed by atoms with van der Waals surface area (Å²) in [6, 6.07) is 8.95. The monoisotopic (exact) mass is 524 g/mol. The van der Waals surface area contributed by atoms with Crippen LogP contribution in [0.5, 0.6) is 17.2 Å². The molecule has 0 amide bonds. The summed E-state index contributed by atoms with van der Waals surface area (Å²) in [6.07, 6.45) is 7.23. The first-order chi connectivity index (χ1) is 18.4. The Morgan fingerprint density at radius 1 is 1.21 bits per heavy atom. The van der Waals surface area contributed by atoms with E-state index in [9.17, 15) is 13.6 Å². The molecule has 0 radical (unpaired) electrons. The van der Waals surface area contributed by atoms with Crippen molar-refractivity contribution in [2.24, 2.45) is 11.8 Å². The lowest BCUT2D eigenvalue weighted by Crippen LogP contribution is -2.23. The molecule has 200 valence electrons. The zero-order valence-electron chi connectivity index (χ0n) is 21.2. The van der Waals surface area contributed by atoms with E-state index >= 15 is 0 Å². The molecule has 8 nitrogen and oxygen atoms in total. The smallest absolute Gasteiger partial charge is 0.387 e. The number of hydrogen-bond donors (Lipinski definition) is 0. The van der Waals surface area contributed by atoms with Crippen LogP contribution in [0.3, 0.4) is 0 Å². The van der Waals surface area contributed by atoms with Crippen LogP contribution in [0.2, 0.25) is 0 Å². The molecule has 2 aliphatic rings. The molecule has 1 saturated heterocycles. The Morgan fingerprint density at radius 3 is 2.76 bits per heavy atom. The van der Waals surface area contributed by atoms with E-state index in [1.165, 1.54) is 13.2 Å². The fraction of sp³-hybridized carbons (Fsp3) is 0.464. The molecule has 1 aromatic carbocycles. The van der Waals surface area contributed by atoms with E-state index in [2.05, 4.69) is 16.0 Å². The molecule has 1 aliphatic heterocycles. The van der Waals surface area contributed by atoms with Crippen molar-refractivity contribution in [3.05, 3.63) is 42.2 Å². The van der Waals surface area contributed by atoms with Crippen LogP contribution in [0, 0.1) is 23.2 Å². The maximum absolute atomic E-state index is 13.3. The van der Waals surface area contributed by atoms with Crippen LogP contribution in [0.15, 0.2) is 36.7 Å². The first-order valence-electron chi connectivity index (χ1n) is 12.8. The molecule has 0 spiro atoms. The molecule has 1 atom stereocenters. The van der Waals surface area contributed by atoms with Gasteiger partial charge in [0.05, 0.1) is 31.7 Å². The fourth-order valence-electron chi connectivity index (χ4n) is 4.99. The average molecular weight is 525 g/mol. The highest BCUT2D eigenvalue weighted by Crippen LogP contribution is 2.40. The van der Waals surface area contributed by atoms with Crippen molar-refractivity contribution >= 4 is 11.4 Å². The number of fused-ring (bicyclic) bond motifs is 1. The molecule has 3 heterocycles. The number of alkyl halides is 2. The molecule has 5 rings (SSSR count). The summed E-state index contributed by atoms with van der Waals surface area (Å²) in [5, 5.41) is 8.78. The minimum absolute atomic E-state index is 0.0473. The Morgan fingerprint density at radius 2 is 2.03 bits per heavy atom. The Kier molecular flexibility index (Phi) is 7.74. The minimum atomic E-state index is -3.08. The number of likely N-dealkylation sites (tertiary alicyclic amines) is 1. The Balaban J connectivity index is 1.36. The van der Waals surface area contributed by atoms with Crippen molar-refractivity contribution in [3.8, 4) is 34.6 Å². The minimum Gasteiger partial charge on any atom is -0.496 e. The van der Waals surface area contributed by atoms with Crippen LogP contribution >= 0.6 is 0 Å². The van der Waals surface area contributed by atoms with Crippen molar-refractivity contribution in [1.82, 2.24) is 14.3 Å². The molecule has 0 unspecified atom stereocenters. The van der Waals surface area contributed by atoms with Gasteiger partial charge in [0.1, 0.15) is 28.5 Å². The van der Waals surface area contributed by atoms with E-state index in [0.717, 1.165) is 38.9 Å². The summed E-state index contributed by atoms with van der Waals surface area (Å²) in [6.45, 7) is 0.183. The van der Waals surface area contributed by atoms with Gasteiger partial charge in [0, 0.05) is 49.7 Å². The number of aromatic nitrogens is 2. The van der Waals surface area contributed by atoms with Gasteiger partial charge in [0.15, 0.2) is 5.78 Å². The average Bonchev–Trinajstić information content (AvgIpc) is 3.43. The third-order valence-electron chi connectivity index (χ3n) is 7.13. The van der Waals surface area contributed by atoms with Gasteiger partial charge < -0.3 is 19.1 Å². The summed E-state index contributed by atoms with van der Waals surface area (Å²) in [5.41, 5.74) is 1.84. The fourth-order valence-corrected chi connectivity index (χ4v) is 4.99. The molecule has 1 aliphatic carbocycles. The molecule has 0 bridgehead atoms. The molecule has 2 fully saturated rings. The number of carbonyl (C=O) groups is 1. The molecular formula is C28H30F2N4O4. The Hall–Kier alpha value is -3.71. The van der Waals surface area contributed by atoms with Crippen LogP contribution in [0.1, 0.15) is 42.5 Å². The number of nitriles is 1. The second-order valence-electron chi connectivity index (χ2n) is 9.91. The predicted octanol–water partition coefficient (Wildman–Crippen LogP) is 5.21.